The molecule has 0 aromatic heterocycles. The monoisotopic (exact) mass is 230 g/mol. The molecular formula is C11H22N2O3. The number of rotatable bonds is 7. The topological polar surface area (TPSA) is 50.8 Å². The summed E-state index contributed by atoms with van der Waals surface area (Å²) >= 11 is 0. The largest absolute Gasteiger partial charge is 0.352 e. The van der Waals surface area contributed by atoms with E-state index in [-0.39, 0.29) is 18.2 Å². The lowest BCUT2D eigenvalue weighted by Gasteiger charge is -2.19. The highest BCUT2D eigenvalue weighted by Crippen LogP contribution is 2.08. The molecule has 0 aromatic carbocycles. The normalized spacial score (nSPS) is 21.1. The van der Waals surface area contributed by atoms with Gasteiger partial charge in [-0.15, -0.1) is 0 Å². The first-order chi connectivity index (χ1) is 7.69. The summed E-state index contributed by atoms with van der Waals surface area (Å²) in [7, 11) is 1.83. The van der Waals surface area contributed by atoms with Gasteiger partial charge in [-0.1, -0.05) is 0 Å². The van der Waals surface area contributed by atoms with Gasteiger partial charge < -0.3 is 19.7 Å². The second kappa shape index (κ2) is 6.83. The molecule has 0 spiro atoms. The summed E-state index contributed by atoms with van der Waals surface area (Å²) in [5.74, 6) is 0.159. The zero-order valence-electron chi connectivity index (χ0n) is 10.4. The molecule has 1 rings (SSSR count). The fraction of sp³-hybridized carbons (Fsp3) is 0.909. The lowest BCUT2D eigenvalue weighted by Crippen LogP contribution is -2.42. The van der Waals surface area contributed by atoms with Gasteiger partial charge >= 0.3 is 0 Å². The van der Waals surface area contributed by atoms with E-state index in [0.717, 1.165) is 13.0 Å². The number of hydrogen-bond donors (Lipinski definition) is 1. The average Bonchev–Trinajstić information content (AvgIpc) is 2.58. The average molecular weight is 230 g/mol. The molecule has 0 saturated carbocycles. The fourth-order valence-electron chi connectivity index (χ4n) is 1.79. The standard InChI is InChI=1S/C11H22N2O3/c1-4-15-10(16-5-2)8-12-9-6-7-13(3)11(9)14/h9-10,12H,4-8H2,1-3H3. The zero-order chi connectivity index (χ0) is 12.0. The summed E-state index contributed by atoms with van der Waals surface area (Å²) in [5, 5.41) is 3.19. The van der Waals surface area contributed by atoms with Gasteiger partial charge in [0.2, 0.25) is 5.91 Å². The van der Waals surface area contributed by atoms with Crippen molar-refractivity contribution in [3.63, 3.8) is 0 Å². The number of hydrogen-bond acceptors (Lipinski definition) is 4. The minimum atomic E-state index is -0.256. The number of nitrogens with one attached hydrogen (secondary N) is 1. The number of amides is 1. The second-order valence-electron chi connectivity index (χ2n) is 3.85. The Morgan fingerprint density at radius 2 is 2.06 bits per heavy atom. The quantitative estimate of drug-likeness (QED) is 0.635. The lowest BCUT2D eigenvalue weighted by atomic mass is 10.2. The van der Waals surface area contributed by atoms with Gasteiger partial charge in [0.05, 0.1) is 6.04 Å². The van der Waals surface area contributed by atoms with E-state index < -0.39 is 0 Å². The molecular weight excluding hydrogens is 208 g/mol. The van der Waals surface area contributed by atoms with E-state index in [1.165, 1.54) is 0 Å². The van der Waals surface area contributed by atoms with Gasteiger partial charge in [-0.25, -0.2) is 0 Å². The molecule has 16 heavy (non-hydrogen) atoms. The number of likely N-dealkylation sites (tertiary alicyclic amines) is 1. The van der Waals surface area contributed by atoms with E-state index in [9.17, 15) is 4.79 Å². The van der Waals surface area contributed by atoms with E-state index in [1.807, 2.05) is 20.9 Å². The summed E-state index contributed by atoms with van der Waals surface area (Å²) in [6.45, 7) is 6.48. The maximum atomic E-state index is 11.6. The predicted octanol–water partition coefficient (Wildman–Crippen LogP) is 0.206. The van der Waals surface area contributed by atoms with Crippen LogP contribution in [0.25, 0.3) is 0 Å². The van der Waals surface area contributed by atoms with Crippen LogP contribution < -0.4 is 5.32 Å². The molecule has 5 heteroatoms. The predicted molar refractivity (Wildman–Crippen MR) is 61.1 cm³/mol. The molecule has 1 unspecified atom stereocenters. The Morgan fingerprint density at radius 1 is 1.44 bits per heavy atom. The Bertz CT molecular complexity index is 217. The maximum Gasteiger partial charge on any atom is 0.239 e. The molecule has 1 aliphatic heterocycles. The van der Waals surface area contributed by atoms with Crippen LogP contribution in [0.15, 0.2) is 0 Å². The van der Waals surface area contributed by atoms with Crippen LogP contribution in [0.3, 0.4) is 0 Å². The fourth-order valence-corrected chi connectivity index (χ4v) is 1.79. The van der Waals surface area contributed by atoms with Crippen LogP contribution in [0.4, 0.5) is 0 Å². The van der Waals surface area contributed by atoms with Crippen molar-refractivity contribution in [2.45, 2.75) is 32.6 Å². The molecule has 1 fully saturated rings. The van der Waals surface area contributed by atoms with Crippen molar-refractivity contribution in [1.29, 1.82) is 0 Å². The Morgan fingerprint density at radius 3 is 2.50 bits per heavy atom. The molecule has 1 aliphatic rings. The van der Waals surface area contributed by atoms with Gasteiger partial charge in [0.1, 0.15) is 0 Å². The van der Waals surface area contributed by atoms with Gasteiger partial charge in [0.15, 0.2) is 6.29 Å². The third-order valence-electron chi connectivity index (χ3n) is 2.66. The number of ether oxygens (including phenoxy) is 2. The van der Waals surface area contributed by atoms with Crippen molar-refractivity contribution in [3.05, 3.63) is 0 Å². The van der Waals surface area contributed by atoms with Crippen molar-refractivity contribution in [1.82, 2.24) is 10.2 Å². The van der Waals surface area contributed by atoms with Gasteiger partial charge in [-0.05, 0) is 20.3 Å². The van der Waals surface area contributed by atoms with Crippen LogP contribution in [0.2, 0.25) is 0 Å². The smallest absolute Gasteiger partial charge is 0.239 e. The van der Waals surface area contributed by atoms with E-state index in [1.54, 1.807) is 4.90 Å². The highest BCUT2D eigenvalue weighted by molar-refractivity contribution is 5.83. The summed E-state index contributed by atoms with van der Waals surface area (Å²) in [6.07, 6.45) is 0.606. The molecule has 5 nitrogen and oxygen atoms in total. The molecule has 0 bridgehead atoms. The van der Waals surface area contributed by atoms with Gasteiger partial charge in [0, 0.05) is 33.4 Å². The first-order valence-corrected chi connectivity index (χ1v) is 5.90. The van der Waals surface area contributed by atoms with Gasteiger partial charge in [-0.2, -0.15) is 0 Å². The van der Waals surface area contributed by atoms with Gasteiger partial charge in [-0.3, -0.25) is 4.79 Å². The lowest BCUT2D eigenvalue weighted by molar-refractivity contribution is -0.137. The van der Waals surface area contributed by atoms with Crippen molar-refractivity contribution in [2.24, 2.45) is 0 Å². The van der Waals surface area contributed by atoms with Crippen LogP contribution in [-0.2, 0) is 14.3 Å². The molecule has 1 heterocycles. The third kappa shape index (κ3) is 3.73. The molecule has 1 atom stereocenters. The first-order valence-electron chi connectivity index (χ1n) is 5.90. The molecule has 1 amide bonds. The van der Waals surface area contributed by atoms with Crippen LogP contribution in [-0.4, -0.2) is 56.5 Å². The Kier molecular flexibility index (Phi) is 5.73. The second-order valence-corrected chi connectivity index (χ2v) is 3.85. The molecule has 94 valence electrons. The SMILES string of the molecule is CCOC(CNC1CCN(C)C1=O)OCC. The molecule has 0 aliphatic carbocycles. The van der Waals surface area contributed by atoms with Crippen molar-refractivity contribution < 1.29 is 14.3 Å². The molecule has 0 radical (unpaired) electrons. The number of nitrogens with zero attached hydrogens (tertiary/aromatic N) is 1. The highest BCUT2D eigenvalue weighted by Gasteiger charge is 2.29. The molecule has 0 aromatic rings. The maximum absolute atomic E-state index is 11.6. The van der Waals surface area contributed by atoms with Crippen LogP contribution >= 0.6 is 0 Å². The highest BCUT2D eigenvalue weighted by atomic mass is 16.7. The summed E-state index contributed by atoms with van der Waals surface area (Å²) < 4.78 is 10.8. The zero-order valence-corrected chi connectivity index (χ0v) is 10.4. The number of carbonyl (C=O) groups excluding carboxylic acids is 1. The van der Waals surface area contributed by atoms with Crippen LogP contribution in [0.5, 0.6) is 0 Å². The van der Waals surface area contributed by atoms with Crippen molar-refractivity contribution >= 4 is 5.91 Å². The summed E-state index contributed by atoms with van der Waals surface area (Å²) in [5.41, 5.74) is 0. The van der Waals surface area contributed by atoms with E-state index in [2.05, 4.69) is 5.32 Å². The summed E-state index contributed by atoms with van der Waals surface area (Å²) in [4.78, 5) is 13.4. The Labute approximate surface area is 97.1 Å². The van der Waals surface area contributed by atoms with E-state index in [4.69, 9.17) is 9.47 Å². The van der Waals surface area contributed by atoms with Crippen LogP contribution in [0.1, 0.15) is 20.3 Å². The summed E-state index contributed by atoms with van der Waals surface area (Å²) in [6, 6.07) is -0.0755. The van der Waals surface area contributed by atoms with Crippen LogP contribution in [0, 0.1) is 0 Å². The number of carbonyl (C=O) groups is 1. The van der Waals surface area contributed by atoms with Crippen molar-refractivity contribution in [2.75, 3.05) is 33.4 Å². The Hall–Kier alpha value is -0.650. The molecule has 1 saturated heterocycles. The molecule has 1 N–H and O–H groups in total. The minimum absolute atomic E-state index is 0.0755. The Balaban J connectivity index is 2.28. The van der Waals surface area contributed by atoms with E-state index in [0.29, 0.717) is 19.8 Å². The minimum Gasteiger partial charge on any atom is -0.352 e. The third-order valence-corrected chi connectivity index (χ3v) is 2.66. The number of likely N-dealkylation sites (N-methyl/N-ethyl adjacent to an activating group) is 1. The van der Waals surface area contributed by atoms with E-state index >= 15 is 0 Å². The van der Waals surface area contributed by atoms with Gasteiger partial charge in [0.25, 0.3) is 0 Å². The van der Waals surface area contributed by atoms with Crippen molar-refractivity contribution in [3.8, 4) is 0 Å². The first kappa shape index (κ1) is 13.4.